The number of allylic oxidation sites excluding steroid dienone is 2. The highest BCUT2D eigenvalue weighted by atomic mass is 16.6. The zero-order valence-corrected chi connectivity index (χ0v) is 40.0. The van der Waals surface area contributed by atoms with E-state index in [0.29, 0.717) is 172 Å². The Kier molecular flexibility index (Phi) is 33.1. The van der Waals surface area contributed by atoms with Gasteiger partial charge in [0.25, 0.3) is 0 Å². The number of para-hydroxylation sites is 1. The topological polar surface area (TPSA) is 169 Å². The number of anilines is 1. The maximum Gasteiger partial charge on any atom is 0.407 e. The van der Waals surface area contributed by atoms with Crippen LogP contribution in [-0.2, 0) is 72.9 Å². The molecule has 0 radical (unpaired) electrons. The van der Waals surface area contributed by atoms with Crippen LogP contribution in [0, 0.1) is 11.8 Å². The van der Waals surface area contributed by atoms with Crippen molar-refractivity contribution in [3.63, 3.8) is 0 Å². The van der Waals surface area contributed by atoms with Crippen LogP contribution in [-0.4, -0.2) is 183 Å². The lowest BCUT2D eigenvalue weighted by Crippen LogP contribution is -2.32. The molecule has 4 rings (SSSR count). The highest BCUT2D eigenvalue weighted by molar-refractivity contribution is 5.95. The van der Waals surface area contributed by atoms with Crippen molar-refractivity contribution in [2.24, 2.45) is 0 Å². The summed E-state index contributed by atoms with van der Waals surface area (Å²) in [5.41, 5.74) is 3.61. The Balaban J connectivity index is 0.774. The number of benzene rings is 2. The van der Waals surface area contributed by atoms with Gasteiger partial charge in [0.2, 0.25) is 5.91 Å². The molecule has 17 heteroatoms. The van der Waals surface area contributed by atoms with Crippen molar-refractivity contribution in [1.82, 2.24) is 5.32 Å². The number of alkyl carbamates (subject to hydrolysis) is 1. The highest BCUT2D eigenvalue weighted by Gasteiger charge is 2.21. The smallest absolute Gasteiger partial charge is 0.407 e. The van der Waals surface area contributed by atoms with Gasteiger partial charge in [0.05, 0.1) is 177 Å². The largest absolute Gasteiger partial charge is 0.446 e. The lowest BCUT2D eigenvalue weighted by atomic mass is 10.0. The molecule has 0 aromatic heterocycles. The van der Waals surface area contributed by atoms with Gasteiger partial charge in [-0.1, -0.05) is 54.3 Å². The predicted octanol–water partition coefficient (Wildman–Crippen LogP) is 5.14. The number of hydrogen-bond donors (Lipinski definition) is 1. The summed E-state index contributed by atoms with van der Waals surface area (Å²) in [6.45, 7) is 11.8. The van der Waals surface area contributed by atoms with Gasteiger partial charge in [-0.3, -0.25) is 4.79 Å². The third-order valence-electron chi connectivity index (χ3n) is 10.2. The molecule has 1 heterocycles. The molecule has 1 unspecified atom stereocenters. The second-order valence-corrected chi connectivity index (χ2v) is 15.4. The molecule has 68 heavy (non-hydrogen) atoms. The van der Waals surface area contributed by atoms with Crippen molar-refractivity contribution in [1.29, 1.82) is 0 Å². The average molecular weight is 957 g/mol. The summed E-state index contributed by atoms with van der Waals surface area (Å²) in [5.74, 6) is 6.45. The number of hydrogen-bond acceptors (Lipinski definition) is 15. The van der Waals surface area contributed by atoms with Crippen molar-refractivity contribution in [2.45, 2.75) is 51.2 Å². The lowest BCUT2D eigenvalue weighted by molar-refractivity contribution is -0.120. The minimum atomic E-state index is -0.381. The molecule has 2 aromatic carbocycles. The maximum absolute atomic E-state index is 13.3. The van der Waals surface area contributed by atoms with Crippen LogP contribution in [0.2, 0.25) is 0 Å². The van der Waals surface area contributed by atoms with Gasteiger partial charge in [-0.05, 0) is 55.9 Å². The van der Waals surface area contributed by atoms with Crippen molar-refractivity contribution >= 4 is 17.7 Å². The summed E-state index contributed by atoms with van der Waals surface area (Å²) in [4.78, 5) is 27.0. The van der Waals surface area contributed by atoms with Crippen molar-refractivity contribution < 1.29 is 71.2 Å². The molecule has 0 saturated heterocycles. The maximum atomic E-state index is 13.3. The quantitative estimate of drug-likeness (QED) is 0.0530. The summed E-state index contributed by atoms with van der Waals surface area (Å²) in [5, 5.41) is 2.74. The van der Waals surface area contributed by atoms with Gasteiger partial charge >= 0.3 is 6.09 Å². The van der Waals surface area contributed by atoms with E-state index in [0.717, 1.165) is 54.5 Å². The predicted molar refractivity (Wildman–Crippen MR) is 255 cm³/mol. The fraction of sp³-hybridized carbons (Fsp3) is 0.647. The number of nitrogens with one attached hydrogen (secondary N) is 1. The number of amides is 2. The Morgan fingerprint density at radius 1 is 0.485 bits per heavy atom. The normalized spacial score (nSPS) is 14.9. The zero-order valence-electron chi connectivity index (χ0n) is 40.0. The van der Waals surface area contributed by atoms with E-state index in [1.54, 1.807) is 4.90 Å². The van der Waals surface area contributed by atoms with Gasteiger partial charge < -0.3 is 71.8 Å². The van der Waals surface area contributed by atoms with Crippen LogP contribution in [0.5, 0.6) is 0 Å². The second kappa shape index (κ2) is 39.8. The van der Waals surface area contributed by atoms with Crippen molar-refractivity contribution in [2.75, 3.05) is 170 Å². The van der Waals surface area contributed by atoms with Crippen LogP contribution >= 0.6 is 0 Å². The monoisotopic (exact) mass is 957 g/mol. The van der Waals surface area contributed by atoms with Crippen LogP contribution in [0.25, 0.3) is 0 Å². The minimum Gasteiger partial charge on any atom is -0.446 e. The summed E-state index contributed by atoms with van der Waals surface area (Å²) < 4.78 is 72.0. The van der Waals surface area contributed by atoms with Crippen LogP contribution < -0.4 is 10.2 Å². The molecule has 0 fully saturated rings. The fourth-order valence-corrected chi connectivity index (χ4v) is 6.68. The number of carbonyl (C=O) groups is 2. The van der Waals surface area contributed by atoms with E-state index in [2.05, 4.69) is 29.3 Å². The van der Waals surface area contributed by atoms with Gasteiger partial charge in [-0.15, -0.1) is 0 Å². The molecule has 1 N–H and O–H groups in total. The molecule has 0 saturated carbocycles. The summed E-state index contributed by atoms with van der Waals surface area (Å²) in [6, 6.07) is 15.7. The second-order valence-electron chi connectivity index (χ2n) is 15.4. The summed E-state index contributed by atoms with van der Waals surface area (Å²) >= 11 is 0. The Bertz CT molecular complexity index is 1690. The number of ether oxygens (including phenoxy) is 13. The van der Waals surface area contributed by atoms with E-state index >= 15 is 0 Å². The summed E-state index contributed by atoms with van der Waals surface area (Å²) in [7, 11) is 0. The number of fused-ring (bicyclic) bond motifs is 2. The lowest BCUT2D eigenvalue weighted by Gasteiger charge is -2.26. The Hall–Kier alpha value is -4.00. The molecule has 380 valence electrons. The first-order chi connectivity index (χ1) is 33.7. The highest BCUT2D eigenvalue weighted by Crippen LogP contribution is 2.26. The van der Waals surface area contributed by atoms with Gasteiger partial charge in [0.1, 0.15) is 6.10 Å². The molecular formula is C51H76N2O15. The van der Waals surface area contributed by atoms with Crippen molar-refractivity contribution in [3.8, 4) is 11.8 Å². The van der Waals surface area contributed by atoms with Crippen molar-refractivity contribution in [3.05, 3.63) is 77.4 Å². The fourth-order valence-electron chi connectivity index (χ4n) is 6.68. The molecule has 1 aliphatic carbocycles. The van der Waals surface area contributed by atoms with E-state index in [9.17, 15) is 9.59 Å². The standard InChI is InChI=1S/C51H76N2O15/c54-50(53-44-47-12-7-6-10-45(47)16-17-46-11-8-9-15-49(46)53)18-20-56-22-24-58-26-28-60-30-32-62-34-36-64-38-40-66-42-43-67-41-39-65-37-35-63-33-31-61-29-27-59-25-23-57-21-19-52-51(55)68-48-13-4-2-1-3-5-14-48/h1-2,6-12,15,48H,3-5,13-14,18-44H2,(H,52,55)/b2-1+. The molecule has 2 aromatic rings. The molecule has 0 bridgehead atoms. The van der Waals surface area contributed by atoms with Gasteiger partial charge in [0, 0.05) is 17.7 Å². The van der Waals surface area contributed by atoms with E-state index in [1.807, 2.05) is 48.5 Å². The Morgan fingerprint density at radius 2 is 0.897 bits per heavy atom. The molecule has 2 amide bonds. The minimum absolute atomic E-state index is 0.0106. The van der Waals surface area contributed by atoms with Gasteiger partial charge in [0.15, 0.2) is 0 Å². The molecular weight excluding hydrogens is 881 g/mol. The third kappa shape index (κ3) is 27.9. The average Bonchev–Trinajstić information content (AvgIpc) is 3.33. The molecule has 2 aliphatic rings. The first-order valence-corrected chi connectivity index (χ1v) is 24.2. The Morgan fingerprint density at radius 3 is 1.41 bits per heavy atom. The third-order valence-corrected chi connectivity index (χ3v) is 10.2. The zero-order chi connectivity index (χ0) is 47.6. The van der Waals surface area contributed by atoms with Crippen LogP contribution in [0.3, 0.4) is 0 Å². The van der Waals surface area contributed by atoms with E-state index in [-0.39, 0.29) is 24.5 Å². The van der Waals surface area contributed by atoms with E-state index in [4.69, 9.17) is 61.6 Å². The molecule has 17 nitrogen and oxygen atoms in total. The molecule has 1 atom stereocenters. The first kappa shape index (κ1) is 56.6. The van der Waals surface area contributed by atoms with E-state index in [1.165, 1.54) is 0 Å². The van der Waals surface area contributed by atoms with Gasteiger partial charge in [-0.2, -0.15) is 0 Å². The number of carbonyl (C=O) groups excluding carboxylic acids is 2. The number of rotatable bonds is 40. The Labute approximate surface area is 403 Å². The van der Waals surface area contributed by atoms with Gasteiger partial charge in [-0.25, -0.2) is 4.79 Å². The van der Waals surface area contributed by atoms with Crippen LogP contribution in [0.1, 0.15) is 55.2 Å². The van der Waals surface area contributed by atoms with E-state index < -0.39 is 0 Å². The molecule has 1 aliphatic heterocycles. The summed E-state index contributed by atoms with van der Waals surface area (Å²) in [6.07, 6.45) is 9.03. The first-order valence-electron chi connectivity index (χ1n) is 24.2. The number of nitrogens with zero attached hydrogens (tertiary/aromatic N) is 1. The molecule has 0 spiro atoms. The SMILES string of the molecule is O=C(NCCOCCOCCOCCOCCOCCOCCOCCOCCOCCOCCOCCOCCC(=O)N1Cc2ccccc2C#Cc2ccccc21)OC1CC/C=C/CCC1. The van der Waals surface area contributed by atoms with Crippen LogP contribution in [0.4, 0.5) is 10.5 Å². The van der Waals surface area contributed by atoms with Crippen LogP contribution in [0.15, 0.2) is 60.7 Å².